The third kappa shape index (κ3) is 1.31. The molecule has 0 amide bonds. The highest BCUT2D eigenvalue weighted by molar-refractivity contribution is 5.91. The molecule has 18 heavy (non-hydrogen) atoms. The molecule has 0 aromatic carbocycles. The van der Waals surface area contributed by atoms with Gasteiger partial charge in [-0.2, -0.15) is 0 Å². The molecule has 0 aromatic rings. The molecule has 2 nitrogen and oxygen atoms in total. The molecule has 3 fully saturated rings. The van der Waals surface area contributed by atoms with E-state index < -0.39 is 0 Å². The Bertz CT molecular complexity index is 396. The van der Waals surface area contributed by atoms with Crippen molar-refractivity contribution in [3.8, 4) is 0 Å². The van der Waals surface area contributed by atoms with Crippen molar-refractivity contribution < 1.29 is 9.53 Å². The molecule has 0 spiro atoms. The lowest BCUT2D eigenvalue weighted by atomic mass is 9.66. The molecular weight excluding hydrogens is 224 g/mol. The molecule has 0 aliphatic heterocycles. The summed E-state index contributed by atoms with van der Waals surface area (Å²) in [4.78, 5) is 11.6. The first kappa shape index (κ1) is 12.7. The number of rotatable bonds is 2. The first-order chi connectivity index (χ1) is 8.19. The summed E-state index contributed by atoms with van der Waals surface area (Å²) in [5.74, 6) is 1.17. The smallest absolute Gasteiger partial charge is 0.143 e. The van der Waals surface area contributed by atoms with Crippen molar-refractivity contribution in [3.05, 3.63) is 0 Å². The minimum atomic E-state index is -0.248. The van der Waals surface area contributed by atoms with Gasteiger partial charge in [0.1, 0.15) is 5.78 Å². The Morgan fingerprint density at radius 1 is 1.11 bits per heavy atom. The van der Waals surface area contributed by atoms with Crippen molar-refractivity contribution in [2.45, 2.75) is 72.5 Å². The van der Waals surface area contributed by atoms with Gasteiger partial charge in [-0.15, -0.1) is 0 Å². The Morgan fingerprint density at radius 3 is 2.17 bits per heavy atom. The van der Waals surface area contributed by atoms with Crippen molar-refractivity contribution in [3.63, 3.8) is 0 Å². The average molecular weight is 250 g/mol. The molecule has 3 saturated carbocycles. The van der Waals surface area contributed by atoms with Crippen molar-refractivity contribution in [2.24, 2.45) is 22.2 Å². The fraction of sp³-hybridized carbons (Fsp3) is 0.938. The maximum Gasteiger partial charge on any atom is 0.143 e. The van der Waals surface area contributed by atoms with E-state index in [1.54, 1.807) is 0 Å². The summed E-state index contributed by atoms with van der Waals surface area (Å²) in [5.41, 5.74) is 0.463. The highest BCUT2D eigenvalue weighted by atomic mass is 16.5. The first-order valence-electron chi connectivity index (χ1n) is 7.38. The lowest BCUT2D eigenvalue weighted by molar-refractivity contribution is -0.178. The van der Waals surface area contributed by atoms with Crippen LogP contribution in [0.4, 0.5) is 0 Å². The summed E-state index contributed by atoms with van der Waals surface area (Å²) in [6, 6.07) is 0. The van der Waals surface area contributed by atoms with Gasteiger partial charge in [0.15, 0.2) is 0 Å². The van der Waals surface area contributed by atoms with Gasteiger partial charge in [0, 0.05) is 6.42 Å². The summed E-state index contributed by atoms with van der Waals surface area (Å²) in [6.45, 7) is 11.3. The second-order valence-electron chi connectivity index (χ2n) is 8.07. The van der Waals surface area contributed by atoms with Crippen LogP contribution < -0.4 is 0 Å². The molecule has 4 unspecified atom stereocenters. The van der Waals surface area contributed by atoms with E-state index in [9.17, 15) is 4.79 Å². The van der Waals surface area contributed by atoms with Crippen LogP contribution in [0.5, 0.6) is 0 Å². The zero-order valence-corrected chi connectivity index (χ0v) is 12.4. The van der Waals surface area contributed by atoms with E-state index in [1.807, 2.05) is 13.8 Å². The van der Waals surface area contributed by atoms with Crippen molar-refractivity contribution in [1.29, 1.82) is 0 Å². The quantitative estimate of drug-likeness (QED) is 0.748. The van der Waals surface area contributed by atoms with Crippen molar-refractivity contribution in [2.75, 3.05) is 0 Å². The number of hydrogen-bond donors (Lipinski definition) is 0. The van der Waals surface area contributed by atoms with E-state index in [-0.39, 0.29) is 11.5 Å². The lowest BCUT2D eigenvalue weighted by Crippen LogP contribution is -2.54. The number of carbonyl (C=O) groups excluding carboxylic acids is 1. The molecule has 0 saturated heterocycles. The summed E-state index contributed by atoms with van der Waals surface area (Å²) in [5, 5.41) is 0. The summed E-state index contributed by atoms with van der Waals surface area (Å²) < 4.78 is 6.38. The van der Waals surface area contributed by atoms with Crippen molar-refractivity contribution in [1.82, 2.24) is 0 Å². The molecule has 0 N–H and O–H groups in total. The SMILES string of the molecule is CC1(C)C(=O)CC1OC1CC2CCC1(C)C2(C)C. The highest BCUT2D eigenvalue weighted by Gasteiger charge is 2.63. The van der Waals surface area contributed by atoms with Gasteiger partial charge in [0.05, 0.1) is 17.6 Å². The Balaban J connectivity index is 1.75. The Labute approximate surface area is 110 Å². The van der Waals surface area contributed by atoms with Gasteiger partial charge in [-0.3, -0.25) is 4.79 Å². The number of Topliss-reactive ketones (excluding diaryl/α,β-unsaturated/α-hetero) is 1. The molecule has 3 aliphatic rings. The molecule has 0 heterocycles. The van der Waals surface area contributed by atoms with E-state index in [1.165, 1.54) is 19.3 Å². The highest BCUT2D eigenvalue weighted by Crippen LogP contribution is 2.66. The fourth-order valence-electron chi connectivity index (χ4n) is 4.49. The number of fused-ring (bicyclic) bond motifs is 2. The maximum atomic E-state index is 11.6. The minimum Gasteiger partial charge on any atom is -0.373 e. The first-order valence-corrected chi connectivity index (χ1v) is 7.38. The van der Waals surface area contributed by atoms with E-state index in [2.05, 4.69) is 20.8 Å². The predicted molar refractivity (Wildman–Crippen MR) is 71.3 cm³/mol. The lowest BCUT2D eigenvalue weighted by Gasteiger charge is -2.47. The number of carbonyl (C=O) groups is 1. The van der Waals surface area contributed by atoms with E-state index in [0.29, 0.717) is 29.1 Å². The van der Waals surface area contributed by atoms with Crippen LogP contribution in [-0.2, 0) is 9.53 Å². The van der Waals surface area contributed by atoms with Crippen LogP contribution in [0.25, 0.3) is 0 Å². The minimum absolute atomic E-state index is 0.155. The number of ketones is 1. The molecular formula is C16H26O2. The standard InChI is InChI=1S/C16H26O2/c1-14(2)11(17)9-12(14)18-13-8-10-6-7-16(13,5)15(10,3)4/h10,12-13H,6-9H2,1-5H3. The Kier molecular flexibility index (Phi) is 2.38. The predicted octanol–water partition coefficient (Wildman–Crippen LogP) is 3.59. The third-order valence-electron chi connectivity index (χ3n) is 6.94. The summed E-state index contributed by atoms with van der Waals surface area (Å²) in [6.07, 6.45) is 4.99. The van der Waals surface area contributed by atoms with Crippen LogP contribution in [0.1, 0.15) is 60.3 Å². The normalized spacial score (nSPS) is 48.3. The average Bonchev–Trinajstić information content (AvgIpc) is 2.61. The molecule has 2 bridgehead atoms. The van der Waals surface area contributed by atoms with E-state index in [4.69, 9.17) is 4.74 Å². The Morgan fingerprint density at radius 2 is 1.78 bits per heavy atom. The van der Waals surface area contributed by atoms with E-state index >= 15 is 0 Å². The molecule has 3 aliphatic carbocycles. The van der Waals surface area contributed by atoms with Gasteiger partial charge in [-0.25, -0.2) is 0 Å². The van der Waals surface area contributed by atoms with Crippen LogP contribution >= 0.6 is 0 Å². The molecule has 4 atom stereocenters. The van der Waals surface area contributed by atoms with Crippen molar-refractivity contribution >= 4 is 5.78 Å². The van der Waals surface area contributed by atoms with Gasteiger partial charge >= 0.3 is 0 Å². The van der Waals surface area contributed by atoms with Gasteiger partial charge in [-0.05, 0) is 36.0 Å². The van der Waals surface area contributed by atoms with Crippen LogP contribution in [0.15, 0.2) is 0 Å². The second kappa shape index (κ2) is 3.39. The van der Waals surface area contributed by atoms with Gasteiger partial charge in [-0.1, -0.05) is 34.6 Å². The molecule has 0 radical (unpaired) electrons. The number of hydrogen-bond acceptors (Lipinski definition) is 2. The number of ether oxygens (including phenoxy) is 1. The van der Waals surface area contributed by atoms with Gasteiger partial charge < -0.3 is 4.74 Å². The zero-order chi connectivity index (χ0) is 13.3. The van der Waals surface area contributed by atoms with Crippen LogP contribution in [0.3, 0.4) is 0 Å². The largest absolute Gasteiger partial charge is 0.373 e. The van der Waals surface area contributed by atoms with Gasteiger partial charge in [0.2, 0.25) is 0 Å². The zero-order valence-electron chi connectivity index (χ0n) is 12.4. The topological polar surface area (TPSA) is 26.3 Å². The summed E-state index contributed by atoms with van der Waals surface area (Å²) >= 11 is 0. The second-order valence-corrected chi connectivity index (χ2v) is 8.07. The third-order valence-corrected chi connectivity index (χ3v) is 6.94. The fourth-order valence-corrected chi connectivity index (χ4v) is 4.49. The van der Waals surface area contributed by atoms with Crippen LogP contribution in [0, 0.1) is 22.2 Å². The maximum absolute atomic E-state index is 11.6. The summed E-state index contributed by atoms with van der Waals surface area (Å²) in [7, 11) is 0. The van der Waals surface area contributed by atoms with Gasteiger partial charge in [0.25, 0.3) is 0 Å². The molecule has 2 heteroatoms. The monoisotopic (exact) mass is 250 g/mol. The van der Waals surface area contributed by atoms with Crippen LogP contribution in [0.2, 0.25) is 0 Å². The molecule has 102 valence electrons. The van der Waals surface area contributed by atoms with Crippen LogP contribution in [-0.4, -0.2) is 18.0 Å². The Hall–Kier alpha value is -0.370. The molecule has 0 aromatic heterocycles. The molecule has 3 rings (SSSR count). The van der Waals surface area contributed by atoms with E-state index in [0.717, 1.165) is 5.92 Å².